The molecule has 1 aromatic carbocycles. The van der Waals surface area contributed by atoms with Crippen LogP contribution in [0.25, 0.3) is 0 Å². The molecule has 3 rings (SSSR count). The minimum Gasteiger partial charge on any atom is -0.508 e. The molecule has 0 radical (unpaired) electrons. The van der Waals surface area contributed by atoms with Crippen molar-refractivity contribution < 1.29 is 5.11 Å². The molecule has 0 aromatic heterocycles. The molecule has 2 aliphatic carbocycles. The molecule has 104 valence electrons. The average molecular weight is 259 g/mol. The van der Waals surface area contributed by atoms with Gasteiger partial charge in [0.25, 0.3) is 0 Å². The van der Waals surface area contributed by atoms with Crippen LogP contribution >= 0.6 is 0 Å². The Balaban J connectivity index is 1.88. The maximum atomic E-state index is 9.78. The Kier molecular flexibility index (Phi) is 3.53. The summed E-state index contributed by atoms with van der Waals surface area (Å²) in [5.74, 6) is 2.79. The maximum Gasteiger partial charge on any atom is 0.115 e. The number of hydrogen-bond donors (Lipinski definition) is 1. The molecule has 0 bridgehead atoms. The monoisotopic (exact) mass is 259 g/mol. The van der Waals surface area contributed by atoms with Gasteiger partial charge in [0.1, 0.15) is 5.75 Å². The molecule has 2 heteroatoms. The summed E-state index contributed by atoms with van der Waals surface area (Å²) in [4.78, 5) is 2.34. The molecule has 19 heavy (non-hydrogen) atoms. The van der Waals surface area contributed by atoms with Gasteiger partial charge < -0.3 is 10.0 Å². The van der Waals surface area contributed by atoms with Crippen molar-refractivity contribution in [2.75, 3.05) is 20.6 Å². The third-order valence-corrected chi connectivity index (χ3v) is 5.09. The fraction of sp³-hybridized carbons (Fsp3) is 0.647. The summed E-state index contributed by atoms with van der Waals surface area (Å²) in [5, 5.41) is 9.78. The van der Waals surface area contributed by atoms with Gasteiger partial charge in [-0.3, -0.25) is 0 Å². The van der Waals surface area contributed by atoms with E-state index in [-0.39, 0.29) is 0 Å². The SMILES string of the molecule is CN(C)CC1CCCC2c3cc(O)ccc3CCC12. The normalized spacial score (nSPS) is 29.9. The highest BCUT2D eigenvalue weighted by atomic mass is 16.3. The number of benzene rings is 1. The van der Waals surface area contributed by atoms with E-state index in [0.717, 1.165) is 11.8 Å². The molecule has 1 aromatic rings. The Bertz CT molecular complexity index is 455. The van der Waals surface area contributed by atoms with Crippen LogP contribution in [0.3, 0.4) is 0 Å². The van der Waals surface area contributed by atoms with Crippen LogP contribution in [0.5, 0.6) is 5.75 Å². The highest BCUT2D eigenvalue weighted by Crippen LogP contribution is 2.48. The van der Waals surface area contributed by atoms with Crippen molar-refractivity contribution in [1.29, 1.82) is 0 Å². The molecule has 2 nitrogen and oxygen atoms in total. The fourth-order valence-corrected chi connectivity index (χ4v) is 4.35. The zero-order chi connectivity index (χ0) is 13.4. The second-order valence-corrected chi connectivity index (χ2v) is 6.65. The zero-order valence-electron chi connectivity index (χ0n) is 12.1. The first-order valence-electron chi connectivity index (χ1n) is 7.61. The molecule has 0 spiro atoms. The number of phenols is 1. The van der Waals surface area contributed by atoms with Gasteiger partial charge in [0.05, 0.1) is 0 Å². The van der Waals surface area contributed by atoms with Gasteiger partial charge in [-0.1, -0.05) is 12.5 Å². The second kappa shape index (κ2) is 5.16. The van der Waals surface area contributed by atoms with E-state index in [1.807, 2.05) is 12.1 Å². The lowest BCUT2D eigenvalue weighted by atomic mass is 9.63. The summed E-state index contributed by atoms with van der Waals surface area (Å²) >= 11 is 0. The van der Waals surface area contributed by atoms with Gasteiger partial charge in [0.15, 0.2) is 0 Å². The molecule has 1 fully saturated rings. The lowest BCUT2D eigenvalue weighted by Gasteiger charge is -2.43. The maximum absolute atomic E-state index is 9.78. The first-order chi connectivity index (χ1) is 9.15. The van der Waals surface area contributed by atoms with Gasteiger partial charge >= 0.3 is 0 Å². The molecule has 1 N–H and O–H groups in total. The predicted octanol–water partition coefficient (Wildman–Crippen LogP) is 3.40. The minimum absolute atomic E-state index is 0.439. The fourth-order valence-electron chi connectivity index (χ4n) is 4.35. The van der Waals surface area contributed by atoms with Gasteiger partial charge in [-0.25, -0.2) is 0 Å². The number of hydrogen-bond acceptors (Lipinski definition) is 2. The van der Waals surface area contributed by atoms with Crippen molar-refractivity contribution in [3.63, 3.8) is 0 Å². The van der Waals surface area contributed by atoms with Crippen molar-refractivity contribution in [3.8, 4) is 5.75 Å². The number of phenolic OH excluding ortho intramolecular Hbond substituents is 1. The summed E-state index contributed by atoms with van der Waals surface area (Å²) in [5.41, 5.74) is 2.92. The third-order valence-electron chi connectivity index (χ3n) is 5.09. The van der Waals surface area contributed by atoms with Crippen LogP contribution in [-0.2, 0) is 6.42 Å². The van der Waals surface area contributed by atoms with Crippen LogP contribution in [-0.4, -0.2) is 30.6 Å². The molecule has 3 unspecified atom stereocenters. The highest BCUT2D eigenvalue weighted by Gasteiger charge is 2.37. The minimum atomic E-state index is 0.439. The zero-order valence-corrected chi connectivity index (χ0v) is 12.1. The summed E-state index contributed by atoms with van der Waals surface area (Å²) in [6, 6.07) is 6.01. The van der Waals surface area contributed by atoms with E-state index in [2.05, 4.69) is 25.1 Å². The van der Waals surface area contributed by atoms with Gasteiger partial charge in [0.2, 0.25) is 0 Å². The molecule has 1 saturated carbocycles. The average Bonchev–Trinajstić information content (AvgIpc) is 2.38. The van der Waals surface area contributed by atoms with Crippen LogP contribution in [0.2, 0.25) is 0 Å². The molecule has 0 amide bonds. The lowest BCUT2D eigenvalue weighted by Crippen LogP contribution is -2.36. The Morgan fingerprint density at radius 2 is 2.05 bits per heavy atom. The van der Waals surface area contributed by atoms with Crippen LogP contribution in [0.1, 0.15) is 42.7 Å². The third kappa shape index (κ3) is 2.51. The van der Waals surface area contributed by atoms with E-state index < -0.39 is 0 Å². The van der Waals surface area contributed by atoms with Crippen molar-refractivity contribution in [2.24, 2.45) is 11.8 Å². The molecule has 0 heterocycles. The van der Waals surface area contributed by atoms with Crippen molar-refractivity contribution in [3.05, 3.63) is 29.3 Å². The van der Waals surface area contributed by atoms with Gasteiger partial charge in [-0.15, -0.1) is 0 Å². The number of nitrogens with zero attached hydrogens (tertiary/aromatic N) is 1. The van der Waals surface area contributed by atoms with E-state index in [0.29, 0.717) is 11.7 Å². The molecule has 3 atom stereocenters. The number of aryl methyl sites for hydroxylation is 1. The topological polar surface area (TPSA) is 23.5 Å². The first kappa shape index (κ1) is 13.0. The summed E-state index contributed by atoms with van der Waals surface area (Å²) in [6.07, 6.45) is 6.56. The highest BCUT2D eigenvalue weighted by molar-refractivity contribution is 5.39. The number of rotatable bonds is 2. The predicted molar refractivity (Wildman–Crippen MR) is 78.6 cm³/mol. The van der Waals surface area contributed by atoms with E-state index >= 15 is 0 Å². The second-order valence-electron chi connectivity index (χ2n) is 6.65. The molecule has 0 saturated heterocycles. The van der Waals surface area contributed by atoms with Gasteiger partial charge in [-0.05, 0) is 80.8 Å². The number of aromatic hydroxyl groups is 1. The van der Waals surface area contributed by atoms with E-state index in [1.165, 1.54) is 49.8 Å². The van der Waals surface area contributed by atoms with Crippen molar-refractivity contribution in [1.82, 2.24) is 4.90 Å². The van der Waals surface area contributed by atoms with E-state index in [1.54, 1.807) is 0 Å². The van der Waals surface area contributed by atoms with Crippen LogP contribution < -0.4 is 0 Å². The molecular weight excluding hydrogens is 234 g/mol. The lowest BCUT2D eigenvalue weighted by molar-refractivity contribution is 0.145. The Morgan fingerprint density at radius 1 is 1.21 bits per heavy atom. The quantitative estimate of drug-likeness (QED) is 0.880. The number of fused-ring (bicyclic) bond motifs is 3. The van der Waals surface area contributed by atoms with Crippen LogP contribution in [0, 0.1) is 11.8 Å². The van der Waals surface area contributed by atoms with Gasteiger partial charge in [-0.2, -0.15) is 0 Å². The van der Waals surface area contributed by atoms with Crippen molar-refractivity contribution >= 4 is 0 Å². The molecular formula is C17H25NO. The molecule has 2 aliphatic rings. The van der Waals surface area contributed by atoms with E-state index in [4.69, 9.17) is 0 Å². The van der Waals surface area contributed by atoms with Gasteiger partial charge in [0, 0.05) is 6.54 Å². The van der Waals surface area contributed by atoms with Crippen molar-refractivity contribution in [2.45, 2.75) is 38.0 Å². The first-order valence-corrected chi connectivity index (χ1v) is 7.61. The summed E-state index contributed by atoms with van der Waals surface area (Å²) < 4.78 is 0. The summed E-state index contributed by atoms with van der Waals surface area (Å²) in [6.45, 7) is 1.22. The van der Waals surface area contributed by atoms with E-state index in [9.17, 15) is 5.11 Å². The van der Waals surface area contributed by atoms with Crippen LogP contribution in [0.4, 0.5) is 0 Å². The summed E-state index contributed by atoms with van der Waals surface area (Å²) in [7, 11) is 4.37. The Morgan fingerprint density at radius 3 is 2.84 bits per heavy atom. The standard InChI is InChI=1S/C17H25NO/c1-18(2)11-13-4-3-5-16-15(13)9-7-12-6-8-14(19)10-17(12)16/h6,8,10,13,15-16,19H,3-5,7,9,11H2,1-2H3. The Labute approximate surface area is 116 Å². The molecule has 0 aliphatic heterocycles. The smallest absolute Gasteiger partial charge is 0.115 e. The Hall–Kier alpha value is -1.02. The largest absolute Gasteiger partial charge is 0.508 e. The van der Waals surface area contributed by atoms with Crippen LogP contribution in [0.15, 0.2) is 18.2 Å².